The Morgan fingerprint density at radius 2 is 2.00 bits per heavy atom. The van der Waals surface area contributed by atoms with Crippen LogP contribution in [0.2, 0.25) is 0 Å². The molecular weight excluding hydrogens is 332 g/mol. The van der Waals surface area contributed by atoms with E-state index < -0.39 is 12.1 Å². The second-order valence-electron chi connectivity index (χ2n) is 5.82. The molecule has 2 rings (SSSR count). The highest BCUT2D eigenvalue weighted by atomic mass is 79.9. The van der Waals surface area contributed by atoms with Gasteiger partial charge in [-0.25, -0.2) is 0 Å². The summed E-state index contributed by atoms with van der Waals surface area (Å²) < 4.78 is 0.830. The number of anilines is 1. The molecule has 2 unspecified atom stereocenters. The Kier molecular flexibility index (Phi) is 4.71. The molecule has 1 saturated heterocycles. The predicted octanol–water partition coefficient (Wildman–Crippen LogP) is 3.02. The van der Waals surface area contributed by atoms with Crippen LogP contribution in [0.1, 0.15) is 32.8 Å². The van der Waals surface area contributed by atoms with Gasteiger partial charge in [-0.15, -0.1) is 0 Å². The summed E-state index contributed by atoms with van der Waals surface area (Å²) in [5.74, 6) is -0.0777. The number of piperazine rings is 1. The minimum Gasteiger partial charge on any atom is -0.342 e. The van der Waals surface area contributed by atoms with E-state index in [0.29, 0.717) is 6.42 Å². The first-order valence-corrected chi connectivity index (χ1v) is 8.05. The van der Waals surface area contributed by atoms with Gasteiger partial charge >= 0.3 is 0 Å². The van der Waals surface area contributed by atoms with Crippen molar-refractivity contribution in [3.8, 4) is 0 Å². The minimum atomic E-state index is -0.474. The number of carbonyl (C=O) groups excluding carboxylic acids is 2. The fourth-order valence-electron chi connectivity index (χ4n) is 2.69. The van der Waals surface area contributed by atoms with Crippen LogP contribution in [0.4, 0.5) is 5.69 Å². The number of aryl methyl sites for hydroxylation is 1. The van der Waals surface area contributed by atoms with Gasteiger partial charge in [0.05, 0.1) is 5.69 Å². The normalized spacial score (nSPS) is 22.7. The molecule has 114 valence electrons. The van der Waals surface area contributed by atoms with Gasteiger partial charge in [0, 0.05) is 4.47 Å². The van der Waals surface area contributed by atoms with Crippen molar-refractivity contribution in [3.63, 3.8) is 0 Å². The zero-order chi connectivity index (χ0) is 15.7. The van der Waals surface area contributed by atoms with Gasteiger partial charge in [-0.1, -0.05) is 26.8 Å². The number of carbonyl (C=O) groups is 2. The Bertz CT molecular complexity index is 571. The van der Waals surface area contributed by atoms with Crippen molar-refractivity contribution in [2.45, 2.75) is 46.2 Å². The van der Waals surface area contributed by atoms with Crippen molar-refractivity contribution in [3.05, 3.63) is 28.2 Å². The molecule has 1 N–H and O–H groups in total. The third kappa shape index (κ3) is 2.98. The molecule has 1 aromatic carbocycles. The quantitative estimate of drug-likeness (QED) is 0.908. The minimum absolute atomic E-state index is 0.0397. The smallest absolute Gasteiger partial charge is 0.250 e. The maximum Gasteiger partial charge on any atom is 0.250 e. The fraction of sp³-hybridized carbons (Fsp3) is 0.500. The lowest BCUT2D eigenvalue weighted by atomic mass is 9.95. The highest BCUT2D eigenvalue weighted by Crippen LogP contribution is 2.33. The maximum atomic E-state index is 12.8. The van der Waals surface area contributed by atoms with Crippen LogP contribution in [0, 0.1) is 12.8 Å². The number of amides is 2. The zero-order valence-corrected chi connectivity index (χ0v) is 14.4. The lowest BCUT2D eigenvalue weighted by Gasteiger charge is -2.41. The summed E-state index contributed by atoms with van der Waals surface area (Å²) in [6.45, 7) is 7.80. The molecule has 1 aliphatic heterocycles. The van der Waals surface area contributed by atoms with Gasteiger partial charge in [-0.3, -0.25) is 14.5 Å². The number of nitrogens with one attached hydrogen (secondary N) is 1. The van der Waals surface area contributed by atoms with E-state index in [-0.39, 0.29) is 17.7 Å². The average molecular weight is 353 g/mol. The van der Waals surface area contributed by atoms with E-state index in [2.05, 4.69) is 21.2 Å². The molecule has 2 atom stereocenters. The summed E-state index contributed by atoms with van der Waals surface area (Å²) in [7, 11) is 0. The van der Waals surface area contributed by atoms with Crippen molar-refractivity contribution in [2.24, 2.45) is 5.92 Å². The van der Waals surface area contributed by atoms with Gasteiger partial charge in [-0.05, 0) is 52.9 Å². The van der Waals surface area contributed by atoms with Crippen LogP contribution in [0.15, 0.2) is 22.7 Å². The van der Waals surface area contributed by atoms with Gasteiger partial charge in [0.15, 0.2) is 0 Å². The lowest BCUT2D eigenvalue weighted by Crippen LogP contribution is -2.65. The second-order valence-corrected chi connectivity index (χ2v) is 6.68. The number of halogens is 1. The molecule has 1 aliphatic rings. The Balaban J connectivity index is 2.55. The number of rotatable bonds is 3. The molecule has 2 amide bonds. The molecule has 0 bridgehead atoms. The van der Waals surface area contributed by atoms with Crippen molar-refractivity contribution in [1.82, 2.24) is 5.32 Å². The molecule has 4 nitrogen and oxygen atoms in total. The summed E-state index contributed by atoms with van der Waals surface area (Å²) in [6.07, 6.45) is 0.593. The van der Waals surface area contributed by atoms with Crippen LogP contribution in [0.5, 0.6) is 0 Å². The molecule has 0 spiro atoms. The van der Waals surface area contributed by atoms with Gasteiger partial charge in [-0.2, -0.15) is 0 Å². The standard InChI is InChI=1S/C16H21BrN2O2/c1-5-12-16(21)19(14(9(2)3)15(20)18-12)13-8-10(4)6-7-11(13)17/h6-9,12,14H,5H2,1-4H3,(H,18,20). The third-order valence-corrected chi connectivity index (χ3v) is 4.47. The Labute approximate surface area is 134 Å². The first-order valence-electron chi connectivity index (χ1n) is 7.26. The molecule has 1 aromatic rings. The summed E-state index contributed by atoms with van der Waals surface area (Å²) in [6, 6.07) is 4.92. The van der Waals surface area contributed by atoms with Gasteiger partial charge in [0.25, 0.3) is 0 Å². The van der Waals surface area contributed by atoms with E-state index in [4.69, 9.17) is 0 Å². The molecular formula is C16H21BrN2O2. The van der Waals surface area contributed by atoms with E-state index in [0.717, 1.165) is 15.7 Å². The summed E-state index contributed by atoms with van der Waals surface area (Å²) in [5, 5.41) is 2.84. The average Bonchev–Trinajstić information content (AvgIpc) is 2.43. The SMILES string of the molecule is CCC1NC(=O)C(C(C)C)N(c2cc(C)ccc2Br)C1=O. The van der Waals surface area contributed by atoms with Gasteiger partial charge in [0.1, 0.15) is 12.1 Å². The van der Waals surface area contributed by atoms with Crippen LogP contribution in [0.3, 0.4) is 0 Å². The van der Waals surface area contributed by atoms with Crippen molar-refractivity contribution >= 4 is 33.4 Å². The largest absolute Gasteiger partial charge is 0.342 e. The highest BCUT2D eigenvalue weighted by molar-refractivity contribution is 9.10. The van der Waals surface area contributed by atoms with E-state index in [9.17, 15) is 9.59 Å². The number of nitrogens with zero attached hydrogens (tertiary/aromatic N) is 1. The molecule has 1 fully saturated rings. The maximum absolute atomic E-state index is 12.8. The van der Waals surface area contributed by atoms with E-state index in [1.807, 2.05) is 45.9 Å². The van der Waals surface area contributed by atoms with E-state index in [1.165, 1.54) is 0 Å². The van der Waals surface area contributed by atoms with E-state index >= 15 is 0 Å². The van der Waals surface area contributed by atoms with Crippen LogP contribution >= 0.6 is 15.9 Å². The molecule has 0 radical (unpaired) electrons. The van der Waals surface area contributed by atoms with Crippen LogP contribution in [-0.4, -0.2) is 23.9 Å². The first kappa shape index (κ1) is 16.0. The Hall–Kier alpha value is -1.36. The Morgan fingerprint density at radius 3 is 2.57 bits per heavy atom. The molecule has 0 saturated carbocycles. The molecule has 0 aromatic heterocycles. The predicted molar refractivity (Wildman–Crippen MR) is 87.2 cm³/mol. The van der Waals surface area contributed by atoms with Crippen molar-refractivity contribution < 1.29 is 9.59 Å². The van der Waals surface area contributed by atoms with Crippen molar-refractivity contribution in [2.75, 3.05) is 4.90 Å². The third-order valence-electron chi connectivity index (χ3n) is 3.80. The summed E-state index contributed by atoms with van der Waals surface area (Å²) >= 11 is 3.51. The highest BCUT2D eigenvalue weighted by Gasteiger charge is 2.42. The molecule has 1 heterocycles. The van der Waals surface area contributed by atoms with Crippen LogP contribution in [-0.2, 0) is 9.59 Å². The van der Waals surface area contributed by atoms with Crippen LogP contribution in [0.25, 0.3) is 0 Å². The second kappa shape index (κ2) is 6.18. The number of benzene rings is 1. The van der Waals surface area contributed by atoms with Gasteiger partial charge in [0.2, 0.25) is 11.8 Å². The van der Waals surface area contributed by atoms with Crippen LogP contribution < -0.4 is 10.2 Å². The van der Waals surface area contributed by atoms with E-state index in [1.54, 1.807) is 4.90 Å². The zero-order valence-electron chi connectivity index (χ0n) is 12.8. The number of hydrogen-bond acceptors (Lipinski definition) is 2. The molecule has 5 heteroatoms. The topological polar surface area (TPSA) is 49.4 Å². The monoisotopic (exact) mass is 352 g/mol. The Morgan fingerprint density at radius 1 is 1.33 bits per heavy atom. The lowest BCUT2D eigenvalue weighted by molar-refractivity contribution is -0.134. The molecule has 0 aliphatic carbocycles. The fourth-order valence-corrected chi connectivity index (χ4v) is 3.13. The first-order chi connectivity index (χ1) is 9.86. The van der Waals surface area contributed by atoms with Crippen molar-refractivity contribution in [1.29, 1.82) is 0 Å². The summed E-state index contributed by atoms with van der Waals surface area (Å²) in [4.78, 5) is 26.8. The molecule has 21 heavy (non-hydrogen) atoms. The van der Waals surface area contributed by atoms with Gasteiger partial charge < -0.3 is 5.32 Å². The number of hydrogen-bond donors (Lipinski definition) is 1. The summed E-state index contributed by atoms with van der Waals surface area (Å²) in [5.41, 5.74) is 1.83.